The van der Waals surface area contributed by atoms with E-state index < -0.39 is 29.4 Å². The average molecular weight is 483 g/mol. The standard InChI is InChI=1S/C23H28F3N3O5/c1-4-33-21(32)22(2,3)20(31)29-17-9-7-15(8-10-17)19(30)28-13-16-6-5-14(12-27)11-18(16)34-23(24,25)26/h5-6,11,15,17H,4,7-10,13H2,1-3H3,(H,28,30)(H,29,31). The van der Waals surface area contributed by atoms with Crippen LogP contribution in [0.1, 0.15) is 57.6 Å². The fourth-order valence-corrected chi connectivity index (χ4v) is 3.59. The number of nitrogens with zero attached hydrogens (tertiary/aromatic N) is 1. The number of ether oxygens (including phenoxy) is 2. The first-order chi connectivity index (χ1) is 15.9. The first-order valence-electron chi connectivity index (χ1n) is 10.9. The molecule has 186 valence electrons. The minimum absolute atomic E-state index is 0.000769. The van der Waals surface area contributed by atoms with Crippen molar-refractivity contribution in [2.24, 2.45) is 11.3 Å². The lowest BCUT2D eigenvalue weighted by Gasteiger charge is -2.31. The molecule has 1 saturated carbocycles. The molecule has 1 fully saturated rings. The molecule has 8 nitrogen and oxygen atoms in total. The number of alkyl halides is 3. The maximum absolute atomic E-state index is 12.7. The zero-order chi connectivity index (χ0) is 25.5. The Morgan fingerprint density at radius 3 is 2.35 bits per heavy atom. The highest BCUT2D eigenvalue weighted by molar-refractivity contribution is 6.01. The molecule has 34 heavy (non-hydrogen) atoms. The second-order valence-corrected chi connectivity index (χ2v) is 8.57. The van der Waals surface area contributed by atoms with Crippen molar-refractivity contribution in [3.63, 3.8) is 0 Å². The number of benzene rings is 1. The van der Waals surface area contributed by atoms with Gasteiger partial charge in [-0.15, -0.1) is 13.2 Å². The lowest BCUT2D eigenvalue weighted by Crippen LogP contribution is -2.48. The summed E-state index contributed by atoms with van der Waals surface area (Å²) < 4.78 is 47.0. The second-order valence-electron chi connectivity index (χ2n) is 8.57. The topological polar surface area (TPSA) is 118 Å². The van der Waals surface area contributed by atoms with Crippen LogP contribution in [0, 0.1) is 22.7 Å². The van der Waals surface area contributed by atoms with Crippen LogP contribution in [0.25, 0.3) is 0 Å². The van der Waals surface area contributed by atoms with Gasteiger partial charge < -0.3 is 20.1 Å². The van der Waals surface area contributed by atoms with Crippen LogP contribution >= 0.6 is 0 Å². The van der Waals surface area contributed by atoms with Gasteiger partial charge in [-0.2, -0.15) is 5.26 Å². The Hall–Kier alpha value is -3.29. The largest absolute Gasteiger partial charge is 0.573 e. The third-order valence-electron chi connectivity index (χ3n) is 5.66. The number of hydrogen-bond acceptors (Lipinski definition) is 6. The van der Waals surface area contributed by atoms with E-state index >= 15 is 0 Å². The van der Waals surface area contributed by atoms with Gasteiger partial charge in [0.05, 0.1) is 18.2 Å². The lowest BCUT2D eigenvalue weighted by atomic mass is 9.84. The third kappa shape index (κ3) is 7.37. The van der Waals surface area contributed by atoms with Crippen molar-refractivity contribution >= 4 is 17.8 Å². The highest BCUT2D eigenvalue weighted by Crippen LogP contribution is 2.29. The van der Waals surface area contributed by atoms with Crippen LogP contribution < -0.4 is 15.4 Å². The Bertz CT molecular complexity index is 948. The SMILES string of the molecule is CCOC(=O)C(C)(C)C(=O)NC1CCC(C(=O)NCc2ccc(C#N)cc2OC(F)(F)F)CC1. The number of amides is 2. The summed E-state index contributed by atoms with van der Waals surface area (Å²) in [5.41, 5.74) is -1.24. The van der Waals surface area contributed by atoms with Crippen LogP contribution in [0.3, 0.4) is 0 Å². The van der Waals surface area contributed by atoms with Gasteiger partial charge in [0, 0.05) is 24.1 Å². The van der Waals surface area contributed by atoms with Gasteiger partial charge in [0.15, 0.2) is 0 Å². The van der Waals surface area contributed by atoms with E-state index in [4.69, 9.17) is 10.00 Å². The molecule has 0 spiro atoms. The molecule has 11 heteroatoms. The van der Waals surface area contributed by atoms with E-state index in [1.54, 1.807) is 13.0 Å². The van der Waals surface area contributed by atoms with Crippen molar-refractivity contribution in [1.82, 2.24) is 10.6 Å². The van der Waals surface area contributed by atoms with Crippen molar-refractivity contribution in [2.75, 3.05) is 6.61 Å². The molecule has 0 bridgehead atoms. The summed E-state index contributed by atoms with van der Waals surface area (Å²) in [5.74, 6) is -2.29. The van der Waals surface area contributed by atoms with E-state index in [2.05, 4.69) is 15.4 Å². The number of nitrogens with one attached hydrogen (secondary N) is 2. The van der Waals surface area contributed by atoms with Crippen LogP contribution in [0.2, 0.25) is 0 Å². The smallest absolute Gasteiger partial charge is 0.465 e. The van der Waals surface area contributed by atoms with Crippen LogP contribution in [-0.4, -0.2) is 36.8 Å². The minimum Gasteiger partial charge on any atom is -0.465 e. The number of halogens is 3. The van der Waals surface area contributed by atoms with Crippen LogP contribution in [0.15, 0.2) is 18.2 Å². The lowest BCUT2D eigenvalue weighted by molar-refractivity contribution is -0.274. The maximum Gasteiger partial charge on any atom is 0.573 e. The quantitative estimate of drug-likeness (QED) is 0.433. The molecular formula is C23H28F3N3O5. The molecule has 1 aliphatic carbocycles. The summed E-state index contributed by atoms with van der Waals surface area (Å²) in [6.45, 7) is 4.60. The van der Waals surface area contributed by atoms with Crippen molar-refractivity contribution in [3.05, 3.63) is 29.3 Å². The van der Waals surface area contributed by atoms with Gasteiger partial charge in [0.1, 0.15) is 11.2 Å². The van der Waals surface area contributed by atoms with Crippen LogP contribution in [0.4, 0.5) is 13.2 Å². The fourth-order valence-electron chi connectivity index (χ4n) is 3.59. The molecule has 0 atom stereocenters. The molecular weight excluding hydrogens is 455 g/mol. The molecule has 2 N–H and O–H groups in total. The normalized spacial score (nSPS) is 18.4. The molecule has 0 unspecified atom stereocenters. The number of nitriles is 1. The van der Waals surface area contributed by atoms with Gasteiger partial charge in [-0.3, -0.25) is 14.4 Å². The summed E-state index contributed by atoms with van der Waals surface area (Å²) in [6.07, 6.45) is -2.96. The van der Waals surface area contributed by atoms with Gasteiger partial charge in [-0.25, -0.2) is 0 Å². The van der Waals surface area contributed by atoms with Gasteiger partial charge >= 0.3 is 12.3 Å². The molecule has 2 amide bonds. The van der Waals surface area contributed by atoms with E-state index in [-0.39, 0.29) is 42.1 Å². The molecule has 0 aromatic heterocycles. The van der Waals surface area contributed by atoms with Crippen LogP contribution in [0.5, 0.6) is 5.75 Å². The Morgan fingerprint density at radius 2 is 1.79 bits per heavy atom. The summed E-state index contributed by atoms with van der Waals surface area (Å²) in [4.78, 5) is 37.1. The third-order valence-corrected chi connectivity index (χ3v) is 5.66. The Morgan fingerprint density at radius 1 is 1.15 bits per heavy atom. The number of hydrogen-bond donors (Lipinski definition) is 2. The van der Waals surface area contributed by atoms with Gasteiger partial charge in [0.2, 0.25) is 11.8 Å². The maximum atomic E-state index is 12.7. The molecule has 0 saturated heterocycles. The number of carbonyl (C=O) groups excluding carboxylic acids is 3. The molecule has 2 rings (SSSR count). The molecule has 1 aliphatic rings. The van der Waals surface area contributed by atoms with Gasteiger partial charge in [0.25, 0.3) is 0 Å². The highest BCUT2D eigenvalue weighted by Gasteiger charge is 2.39. The fraction of sp³-hybridized carbons (Fsp3) is 0.565. The Labute approximate surface area is 195 Å². The van der Waals surface area contributed by atoms with Gasteiger partial charge in [-0.1, -0.05) is 6.07 Å². The van der Waals surface area contributed by atoms with Crippen molar-refractivity contribution in [2.45, 2.75) is 65.4 Å². The molecule has 0 radical (unpaired) electrons. The van der Waals surface area contributed by atoms with Crippen LogP contribution in [-0.2, 0) is 25.7 Å². The monoisotopic (exact) mass is 483 g/mol. The molecule has 0 aliphatic heterocycles. The first-order valence-corrected chi connectivity index (χ1v) is 10.9. The minimum atomic E-state index is -4.93. The van der Waals surface area contributed by atoms with Crippen molar-refractivity contribution in [3.8, 4) is 11.8 Å². The first kappa shape index (κ1) is 27.0. The number of carbonyl (C=O) groups is 3. The zero-order valence-electron chi connectivity index (χ0n) is 19.3. The Kier molecular flexibility index (Phi) is 8.90. The van der Waals surface area contributed by atoms with E-state index in [1.165, 1.54) is 26.0 Å². The molecule has 1 aromatic rings. The second kappa shape index (κ2) is 11.2. The summed E-state index contributed by atoms with van der Waals surface area (Å²) >= 11 is 0. The predicted molar refractivity (Wildman–Crippen MR) is 114 cm³/mol. The summed E-state index contributed by atoms with van der Waals surface area (Å²) in [5, 5.41) is 14.4. The highest BCUT2D eigenvalue weighted by atomic mass is 19.4. The van der Waals surface area contributed by atoms with Gasteiger partial charge in [-0.05, 0) is 58.6 Å². The zero-order valence-corrected chi connectivity index (χ0v) is 19.3. The molecule has 0 heterocycles. The van der Waals surface area contributed by atoms with Crippen molar-refractivity contribution in [1.29, 1.82) is 5.26 Å². The van der Waals surface area contributed by atoms with Crippen molar-refractivity contribution < 1.29 is 37.0 Å². The average Bonchev–Trinajstić information content (AvgIpc) is 2.77. The Balaban J connectivity index is 1.90. The number of rotatable bonds is 8. The summed E-state index contributed by atoms with van der Waals surface area (Å²) in [6, 6.07) is 5.17. The summed E-state index contributed by atoms with van der Waals surface area (Å²) in [7, 11) is 0. The molecule has 1 aromatic carbocycles. The van der Waals surface area contributed by atoms with E-state index in [0.29, 0.717) is 25.7 Å². The predicted octanol–water partition coefficient (Wildman–Crippen LogP) is 3.34. The van der Waals surface area contributed by atoms with E-state index in [0.717, 1.165) is 6.07 Å². The van der Waals surface area contributed by atoms with E-state index in [1.807, 2.05) is 0 Å². The number of esters is 1. The van der Waals surface area contributed by atoms with E-state index in [9.17, 15) is 27.6 Å².